The SMILES string of the molecule is COc1ccc2nc(-c3ccc(C)cc3)cc(CO)c2c1. The fraction of sp³-hybridized carbons (Fsp3) is 0.167. The van der Waals surface area contributed by atoms with E-state index in [1.54, 1.807) is 7.11 Å². The van der Waals surface area contributed by atoms with Crippen LogP contribution < -0.4 is 4.74 Å². The van der Waals surface area contributed by atoms with Crippen LogP contribution >= 0.6 is 0 Å². The first kappa shape index (κ1) is 13.6. The number of fused-ring (bicyclic) bond motifs is 1. The zero-order chi connectivity index (χ0) is 14.8. The summed E-state index contributed by atoms with van der Waals surface area (Å²) in [7, 11) is 1.63. The summed E-state index contributed by atoms with van der Waals surface area (Å²) in [4.78, 5) is 4.69. The van der Waals surface area contributed by atoms with Crippen LogP contribution in [0.15, 0.2) is 48.5 Å². The summed E-state index contributed by atoms with van der Waals surface area (Å²) in [6, 6.07) is 15.9. The number of methoxy groups -OCH3 is 1. The van der Waals surface area contributed by atoms with Crippen molar-refractivity contribution < 1.29 is 9.84 Å². The van der Waals surface area contributed by atoms with Gasteiger partial charge in [-0.1, -0.05) is 29.8 Å². The molecule has 0 fully saturated rings. The van der Waals surface area contributed by atoms with E-state index in [4.69, 9.17) is 9.72 Å². The van der Waals surface area contributed by atoms with Crippen LogP contribution in [0.5, 0.6) is 5.75 Å². The molecule has 1 N–H and O–H groups in total. The van der Waals surface area contributed by atoms with Gasteiger partial charge >= 0.3 is 0 Å². The average Bonchev–Trinajstić information content (AvgIpc) is 2.54. The number of rotatable bonds is 3. The topological polar surface area (TPSA) is 42.4 Å². The van der Waals surface area contributed by atoms with E-state index < -0.39 is 0 Å². The molecule has 0 amide bonds. The molecule has 1 heterocycles. The summed E-state index contributed by atoms with van der Waals surface area (Å²) >= 11 is 0. The van der Waals surface area contributed by atoms with Gasteiger partial charge in [0.25, 0.3) is 0 Å². The summed E-state index contributed by atoms with van der Waals surface area (Å²) in [5.41, 5.74) is 4.85. The molecule has 3 nitrogen and oxygen atoms in total. The van der Waals surface area contributed by atoms with Crippen molar-refractivity contribution in [2.45, 2.75) is 13.5 Å². The predicted octanol–water partition coefficient (Wildman–Crippen LogP) is 3.71. The lowest BCUT2D eigenvalue weighted by Crippen LogP contribution is -1.94. The van der Waals surface area contributed by atoms with Crippen molar-refractivity contribution in [1.82, 2.24) is 4.98 Å². The van der Waals surface area contributed by atoms with E-state index in [-0.39, 0.29) is 6.61 Å². The minimum absolute atomic E-state index is 0.0228. The Labute approximate surface area is 123 Å². The van der Waals surface area contributed by atoms with Crippen LogP contribution in [0.4, 0.5) is 0 Å². The molecule has 3 aromatic rings. The maximum Gasteiger partial charge on any atom is 0.119 e. The van der Waals surface area contributed by atoms with Crippen molar-refractivity contribution in [3.63, 3.8) is 0 Å². The minimum Gasteiger partial charge on any atom is -0.497 e. The van der Waals surface area contributed by atoms with E-state index in [0.29, 0.717) is 0 Å². The van der Waals surface area contributed by atoms with Gasteiger partial charge in [0.2, 0.25) is 0 Å². The lowest BCUT2D eigenvalue weighted by Gasteiger charge is -2.10. The Kier molecular flexibility index (Phi) is 3.59. The Hall–Kier alpha value is -2.39. The summed E-state index contributed by atoms with van der Waals surface area (Å²) in [6.07, 6.45) is 0. The van der Waals surface area contributed by atoms with E-state index in [9.17, 15) is 5.11 Å². The van der Waals surface area contributed by atoms with Gasteiger partial charge in [-0.15, -0.1) is 0 Å². The number of benzene rings is 2. The average molecular weight is 279 g/mol. The second-order valence-corrected chi connectivity index (χ2v) is 5.07. The van der Waals surface area contributed by atoms with Gasteiger partial charge in [-0.2, -0.15) is 0 Å². The van der Waals surface area contributed by atoms with Gasteiger partial charge in [0.15, 0.2) is 0 Å². The smallest absolute Gasteiger partial charge is 0.119 e. The molecule has 3 heteroatoms. The van der Waals surface area contributed by atoms with Gasteiger partial charge in [-0.05, 0) is 36.8 Å². The first-order valence-electron chi connectivity index (χ1n) is 6.87. The van der Waals surface area contributed by atoms with Crippen molar-refractivity contribution >= 4 is 10.9 Å². The van der Waals surface area contributed by atoms with Crippen LogP contribution in [-0.2, 0) is 6.61 Å². The molecule has 0 saturated heterocycles. The van der Waals surface area contributed by atoms with Crippen molar-refractivity contribution in [1.29, 1.82) is 0 Å². The standard InChI is InChI=1S/C18H17NO2/c1-12-3-5-13(6-4-12)18-9-14(11-20)16-10-15(21-2)7-8-17(16)19-18/h3-10,20H,11H2,1-2H3. The first-order chi connectivity index (χ1) is 10.2. The molecule has 1 aromatic heterocycles. The third kappa shape index (κ3) is 2.60. The number of aliphatic hydroxyl groups is 1. The van der Waals surface area contributed by atoms with Crippen LogP contribution in [-0.4, -0.2) is 17.2 Å². The minimum atomic E-state index is -0.0228. The molecular formula is C18H17NO2. The van der Waals surface area contributed by atoms with Gasteiger partial charge in [-0.3, -0.25) is 0 Å². The van der Waals surface area contributed by atoms with E-state index in [1.165, 1.54) is 5.56 Å². The molecule has 0 spiro atoms. The van der Waals surface area contributed by atoms with E-state index in [0.717, 1.165) is 33.5 Å². The Balaban J connectivity index is 2.19. The quantitative estimate of drug-likeness (QED) is 0.794. The molecule has 3 rings (SSSR count). The molecule has 0 unspecified atom stereocenters. The van der Waals surface area contributed by atoms with Gasteiger partial charge < -0.3 is 9.84 Å². The van der Waals surface area contributed by atoms with E-state index >= 15 is 0 Å². The molecule has 0 bridgehead atoms. The van der Waals surface area contributed by atoms with E-state index in [1.807, 2.05) is 36.4 Å². The summed E-state index contributed by atoms with van der Waals surface area (Å²) in [6.45, 7) is 2.04. The second-order valence-electron chi connectivity index (χ2n) is 5.07. The van der Waals surface area contributed by atoms with Crippen molar-refractivity contribution in [2.75, 3.05) is 7.11 Å². The summed E-state index contributed by atoms with van der Waals surface area (Å²) in [5.74, 6) is 0.766. The molecule has 2 aromatic carbocycles. The Morgan fingerprint density at radius 2 is 1.81 bits per heavy atom. The van der Waals surface area contributed by atoms with Gasteiger partial charge in [0.1, 0.15) is 5.75 Å². The van der Waals surface area contributed by atoms with E-state index in [2.05, 4.69) is 19.1 Å². The number of ether oxygens (including phenoxy) is 1. The maximum atomic E-state index is 9.65. The number of hydrogen-bond donors (Lipinski definition) is 1. The fourth-order valence-corrected chi connectivity index (χ4v) is 2.40. The third-order valence-corrected chi connectivity index (χ3v) is 3.62. The highest BCUT2D eigenvalue weighted by molar-refractivity contribution is 5.86. The molecule has 0 aliphatic heterocycles. The maximum absolute atomic E-state index is 9.65. The lowest BCUT2D eigenvalue weighted by atomic mass is 10.0. The molecule has 0 atom stereocenters. The van der Waals surface area contributed by atoms with Crippen LogP contribution in [0.2, 0.25) is 0 Å². The lowest BCUT2D eigenvalue weighted by molar-refractivity contribution is 0.283. The van der Waals surface area contributed by atoms with Crippen LogP contribution in [0.25, 0.3) is 22.2 Å². The van der Waals surface area contributed by atoms with Crippen molar-refractivity contribution in [3.8, 4) is 17.0 Å². The molecule has 0 aliphatic carbocycles. The number of hydrogen-bond acceptors (Lipinski definition) is 3. The number of aromatic nitrogens is 1. The van der Waals surface area contributed by atoms with Crippen molar-refractivity contribution in [3.05, 3.63) is 59.7 Å². The molecular weight excluding hydrogens is 262 g/mol. The number of aliphatic hydroxyl groups excluding tert-OH is 1. The van der Waals surface area contributed by atoms with Crippen LogP contribution in [0.1, 0.15) is 11.1 Å². The first-order valence-corrected chi connectivity index (χ1v) is 6.87. The highest BCUT2D eigenvalue weighted by Gasteiger charge is 2.08. The molecule has 0 saturated carbocycles. The third-order valence-electron chi connectivity index (χ3n) is 3.62. The van der Waals surface area contributed by atoms with Crippen LogP contribution in [0.3, 0.4) is 0 Å². The zero-order valence-corrected chi connectivity index (χ0v) is 12.1. The highest BCUT2D eigenvalue weighted by atomic mass is 16.5. The number of pyridine rings is 1. The van der Waals surface area contributed by atoms with Crippen molar-refractivity contribution in [2.24, 2.45) is 0 Å². The monoisotopic (exact) mass is 279 g/mol. The summed E-state index contributed by atoms with van der Waals surface area (Å²) < 4.78 is 5.24. The number of nitrogens with zero attached hydrogens (tertiary/aromatic N) is 1. The Morgan fingerprint density at radius 3 is 2.48 bits per heavy atom. The van der Waals surface area contributed by atoms with Crippen LogP contribution in [0, 0.1) is 6.92 Å². The highest BCUT2D eigenvalue weighted by Crippen LogP contribution is 2.27. The Bertz CT molecular complexity index is 779. The normalized spacial score (nSPS) is 10.8. The zero-order valence-electron chi connectivity index (χ0n) is 12.1. The van der Waals surface area contributed by atoms with Gasteiger partial charge in [0.05, 0.1) is 24.9 Å². The van der Waals surface area contributed by atoms with Gasteiger partial charge in [-0.25, -0.2) is 4.98 Å². The Morgan fingerprint density at radius 1 is 1.05 bits per heavy atom. The van der Waals surface area contributed by atoms with Gasteiger partial charge in [0, 0.05) is 10.9 Å². The fourth-order valence-electron chi connectivity index (χ4n) is 2.40. The molecule has 21 heavy (non-hydrogen) atoms. The molecule has 106 valence electrons. The molecule has 0 radical (unpaired) electrons. The predicted molar refractivity (Wildman–Crippen MR) is 84.4 cm³/mol. The second kappa shape index (κ2) is 5.54. The summed E-state index contributed by atoms with van der Waals surface area (Å²) in [5, 5.41) is 10.6. The largest absolute Gasteiger partial charge is 0.497 e. The molecule has 0 aliphatic rings. The number of aryl methyl sites for hydroxylation is 1.